The molecule has 1 rings (SSSR count). The van der Waals surface area contributed by atoms with Crippen LogP contribution in [0.15, 0.2) is 18.2 Å². The van der Waals surface area contributed by atoms with Crippen LogP contribution in [0.2, 0.25) is 0 Å². The Morgan fingerprint density at radius 1 is 1.00 bits per heavy atom. The number of alkyl carbamates (subject to hydrolysis) is 1. The minimum absolute atomic E-state index is 0.0798. The van der Waals surface area contributed by atoms with Crippen molar-refractivity contribution in [2.24, 2.45) is 0 Å². The molecule has 2 N–H and O–H groups in total. The summed E-state index contributed by atoms with van der Waals surface area (Å²) in [4.78, 5) is 41.7. The SMILES string of the molecule is CCCCCCCCN(C(=O)C(CS)NC(=O)OC(C)(C)C)C(C(=O)NC(C)C)c1cc(C)ccc1C. The lowest BCUT2D eigenvalue weighted by atomic mass is 9.95. The number of hydrogen-bond donors (Lipinski definition) is 3. The van der Waals surface area contributed by atoms with Crippen molar-refractivity contribution in [2.75, 3.05) is 12.3 Å². The summed E-state index contributed by atoms with van der Waals surface area (Å²) in [5.41, 5.74) is 2.02. The van der Waals surface area contributed by atoms with Gasteiger partial charge < -0.3 is 20.3 Å². The van der Waals surface area contributed by atoms with Crippen LogP contribution in [-0.2, 0) is 14.3 Å². The zero-order valence-corrected chi connectivity index (χ0v) is 25.0. The topological polar surface area (TPSA) is 87.7 Å². The first-order chi connectivity index (χ1) is 17.3. The van der Waals surface area contributed by atoms with E-state index in [9.17, 15) is 14.4 Å². The molecule has 0 spiro atoms. The highest BCUT2D eigenvalue weighted by Crippen LogP contribution is 2.28. The van der Waals surface area contributed by atoms with E-state index in [4.69, 9.17) is 4.74 Å². The van der Waals surface area contributed by atoms with Crippen LogP contribution in [0.4, 0.5) is 4.79 Å². The van der Waals surface area contributed by atoms with Gasteiger partial charge in [-0.3, -0.25) is 9.59 Å². The summed E-state index contributed by atoms with van der Waals surface area (Å²) in [5, 5.41) is 5.68. The third-order valence-electron chi connectivity index (χ3n) is 5.93. The van der Waals surface area contributed by atoms with Crippen LogP contribution in [0.25, 0.3) is 0 Å². The van der Waals surface area contributed by atoms with Crippen molar-refractivity contribution in [3.8, 4) is 0 Å². The second-order valence-electron chi connectivity index (χ2n) is 11.1. The average molecular weight is 536 g/mol. The molecule has 7 nitrogen and oxygen atoms in total. The van der Waals surface area contributed by atoms with E-state index in [-0.39, 0.29) is 23.6 Å². The van der Waals surface area contributed by atoms with Crippen molar-refractivity contribution >= 4 is 30.5 Å². The van der Waals surface area contributed by atoms with E-state index in [0.29, 0.717) is 6.54 Å². The number of aryl methyl sites for hydroxylation is 2. The highest BCUT2D eigenvalue weighted by Gasteiger charge is 2.36. The smallest absolute Gasteiger partial charge is 0.408 e. The summed E-state index contributed by atoms with van der Waals surface area (Å²) in [6, 6.07) is 4.09. The van der Waals surface area contributed by atoms with Crippen LogP contribution in [0.1, 0.15) is 103 Å². The van der Waals surface area contributed by atoms with Gasteiger partial charge in [-0.15, -0.1) is 0 Å². The minimum atomic E-state index is -0.933. The van der Waals surface area contributed by atoms with Crippen molar-refractivity contribution in [3.05, 3.63) is 34.9 Å². The largest absolute Gasteiger partial charge is 0.444 e. The van der Waals surface area contributed by atoms with Crippen LogP contribution in [-0.4, -0.2) is 52.8 Å². The molecule has 2 unspecified atom stereocenters. The fourth-order valence-electron chi connectivity index (χ4n) is 4.13. The summed E-state index contributed by atoms with van der Waals surface area (Å²) in [5.74, 6) is -0.506. The summed E-state index contributed by atoms with van der Waals surface area (Å²) >= 11 is 4.36. The molecule has 1 aromatic carbocycles. The Hall–Kier alpha value is -2.22. The molecule has 1 aromatic rings. The molecule has 0 saturated carbocycles. The molecule has 0 saturated heterocycles. The number of benzene rings is 1. The summed E-state index contributed by atoms with van der Waals surface area (Å²) in [6.07, 6.45) is 5.61. The van der Waals surface area contributed by atoms with Crippen molar-refractivity contribution < 1.29 is 19.1 Å². The fraction of sp³-hybridized carbons (Fsp3) is 0.690. The Labute approximate surface area is 229 Å². The lowest BCUT2D eigenvalue weighted by Crippen LogP contribution is -2.54. The number of carbonyl (C=O) groups is 3. The van der Waals surface area contributed by atoms with Crippen molar-refractivity contribution in [1.82, 2.24) is 15.5 Å². The molecule has 0 aliphatic heterocycles. The highest BCUT2D eigenvalue weighted by atomic mass is 32.1. The third-order valence-corrected chi connectivity index (χ3v) is 6.29. The molecule has 3 amide bonds. The van der Waals surface area contributed by atoms with Crippen molar-refractivity contribution in [2.45, 2.75) is 118 Å². The number of amides is 3. The van der Waals surface area contributed by atoms with Gasteiger partial charge in [0.25, 0.3) is 0 Å². The van der Waals surface area contributed by atoms with Crippen LogP contribution >= 0.6 is 12.6 Å². The molecule has 2 atom stereocenters. The Bertz CT molecular complexity index is 882. The molecular formula is C29H49N3O4S. The first-order valence-electron chi connectivity index (χ1n) is 13.6. The quantitative estimate of drug-likeness (QED) is 0.205. The van der Waals surface area contributed by atoms with Crippen LogP contribution < -0.4 is 10.6 Å². The Kier molecular flexibility index (Phi) is 14.1. The van der Waals surface area contributed by atoms with E-state index in [1.54, 1.807) is 25.7 Å². The number of carbonyl (C=O) groups excluding carboxylic acids is 3. The first-order valence-corrected chi connectivity index (χ1v) is 14.2. The molecule has 0 bridgehead atoms. The van der Waals surface area contributed by atoms with Gasteiger partial charge in [-0.25, -0.2) is 4.79 Å². The molecule has 0 heterocycles. The number of thiol groups is 1. The van der Waals surface area contributed by atoms with E-state index in [2.05, 4.69) is 30.2 Å². The molecule has 0 aromatic heterocycles. The van der Waals surface area contributed by atoms with Crippen molar-refractivity contribution in [1.29, 1.82) is 0 Å². The average Bonchev–Trinajstić information content (AvgIpc) is 2.78. The minimum Gasteiger partial charge on any atom is -0.444 e. The Balaban J connectivity index is 3.39. The van der Waals surface area contributed by atoms with Gasteiger partial charge in [-0.1, -0.05) is 62.8 Å². The van der Waals surface area contributed by atoms with Gasteiger partial charge in [0.2, 0.25) is 11.8 Å². The van der Waals surface area contributed by atoms with Crippen LogP contribution in [0, 0.1) is 13.8 Å². The number of nitrogens with one attached hydrogen (secondary N) is 2. The van der Waals surface area contributed by atoms with Crippen LogP contribution in [0.5, 0.6) is 0 Å². The predicted molar refractivity (Wildman–Crippen MR) is 154 cm³/mol. The van der Waals surface area contributed by atoms with Crippen LogP contribution in [0.3, 0.4) is 0 Å². The lowest BCUT2D eigenvalue weighted by molar-refractivity contribution is -0.142. The number of hydrogen-bond acceptors (Lipinski definition) is 5. The van der Waals surface area contributed by atoms with E-state index in [1.165, 1.54) is 6.42 Å². The van der Waals surface area contributed by atoms with Gasteiger partial charge in [-0.2, -0.15) is 12.6 Å². The van der Waals surface area contributed by atoms with Gasteiger partial charge >= 0.3 is 6.09 Å². The maximum absolute atomic E-state index is 14.0. The van der Waals surface area contributed by atoms with E-state index < -0.39 is 23.8 Å². The normalized spacial score (nSPS) is 13.1. The molecule has 0 fully saturated rings. The molecule has 0 aliphatic carbocycles. The molecule has 210 valence electrons. The third kappa shape index (κ3) is 11.8. The lowest BCUT2D eigenvalue weighted by Gasteiger charge is -2.35. The second kappa shape index (κ2) is 15.9. The van der Waals surface area contributed by atoms with Gasteiger partial charge in [0.15, 0.2) is 0 Å². The number of ether oxygens (including phenoxy) is 1. The summed E-state index contributed by atoms with van der Waals surface area (Å²) in [6.45, 7) is 15.6. The Morgan fingerprint density at radius 2 is 1.62 bits per heavy atom. The van der Waals surface area contributed by atoms with E-state index >= 15 is 0 Å². The number of nitrogens with zero attached hydrogens (tertiary/aromatic N) is 1. The standard InChI is InChI=1S/C29H49N3O4S/c1-9-10-11-12-13-14-17-32(27(34)24(19-37)31-28(35)36-29(6,7)8)25(26(33)30-20(2)3)23-18-21(4)15-16-22(23)5/h15-16,18,20,24-25,37H,9-14,17,19H2,1-8H3,(H,30,33)(H,31,35). The van der Waals surface area contributed by atoms with Gasteiger partial charge in [0.05, 0.1) is 0 Å². The molecule has 0 radical (unpaired) electrons. The van der Waals surface area contributed by atoms with E-state index in [0.717, 1.165) is 48.8 Å². The molecule has 37 heavy (non-hydrogen) atoms. The first kappa shape index (κ1) is 32.8. The predicted octanol–water partition coefficient (Wildman–Crippen LogP) is 5.88. The van der Waals surface area contributed by atoms with E-state index in [1.807, 2.05) is 45.9 Å². The molecule has 8 heteroatoms. The van der Waals surface area contributed by atoms with Gasteiger partial charge in [-0.05, 0) is 66.0 Å². The molecule has 0 aliphatic rings. The molecular weight excluding hydrogens is 486 g/mol. The number of rotatable bonds is 14. The Morgan fingerprint density at radius 3 is 2.19 bits per heavy atom. The fourth-order valence-corrected chi connectivity index (χ4v) is 4.38. The van der Waals surface area contributed by atoms with Gasteiger partial charge in [0, 0.05) is 18.3 Å². The monoisotopic (exact) mass is 535 g/mol. The van der Waals surface area contributed by atoms with Crippen molar-refractivity contribution in [3.63, 3.8) is 0 Å². The zero-order valence-electron chi connectivity index (χ0n) is 24.1. The second-order valence-corrected chi connectivity index (χ2v) is 11.5. The van der Waals surface area contributed by atoms with Gasteiger partial charge in [0.1, 0.15) is 17.7 Å². The highest BCUT2D eigenvalue weighted by molar-refractivity contribution is 7.80. The maximum Gasteiger partial charge on any atom is 0.408 e. The maximum atomic E-state index is 14.0. The zero-order chi connectivity index (χ0) is 28.2. The summed E-state index contributed by atoms with van der Waals surface area (Å²) in [7, 11) is 0. The summed E-state index contributed by atoms with van der Waals surface area (Å²) < 4.78 is 5.38. The number of unbranched alkanes of at least 4 members (excludes halogenated alkanes) is 5.